The van der Waals surface area contributed by atoms with Gasteiger partial charge < -0.3 is 10.2 Å². The molecule has 3 nitrogen and oxygen atoms in total. The van der Waals surface area contributed by atoms with Crippen LogP contribution in [0.15, 0.2) is 24.3 Å². The normalized spacial score (nSPS) is 29.9. The predicted octanol–water partition coefficient (Wildman–Crippen LogP) is 2.28. The highest BCUT2D eigenvalue weighted by atomic mass is 15.2. The number of rotatable bonds is 2. The molecule has 2 heterocycles. The van der Waals surface area contributed by atoms with Crippen LogP contribution >= 0.6 is 0 Å². The zero-order chi connectivity index (χ0) is 12.5. The molecule has 0 aromatic heterocycles. The summed E-state index contributed by atoms with van der Waals surface area (Å²) in [7, 11) is 2.16. The Kier molecular flexibility index (Phi) is 2.97. The number of nitrogens with one attached hydrogen (secondary N) is 1. The molecule has 94 valence electrons. The zero-order valence-electron chi connectivity index (χ0n) is 10.8. The lowest BCUT2D eigenvalue weighted by Crippen LogP contribution is -2.47. The molecule has 0 spiro atoms. The van der Waals surface area contributed by atoms with Crippen LogP contribution in [0, 0.1) is 11.3 Å². The molecule has 2 aliphatic heterocycles. The van der Waals surface area contributed by atoms with Gasteiger partial charge in [0, 0.05) is 30.9 Å². The minimum Gasteiger partial charge on any atom is -0.371 e. The maximum Gasteiger partial charge on any atom is 0.0992 e. The molecule has 2 fully saturated rings. The number of nitriles is 1. The number of anilines is 1. The molecule has 0 radical (unpaired) electrons. The summed E-state index contributed by atoms with van der Waals surface area (Å²) in [6, 6.07) is 12.2. The van der Waals surface area contributed by atoms with Crippen LogP contribution in [0.2, 0.25) is 0 Å². The van der Waals surface area contributed by atoms with E-state index in [1.165, 1.54) is 31.4 Å². The van der Waals surface area contributed by atoms with E-state index in [0.29, 0.717) is 18.1 Å². The van der Waals surface area contributed by atoms with Crippen LogP contribution in [0.3, 0.4) is 0 Å². The van der Waals surface area contributed by atoms with Crippen LogP contribution in [0.4, 0.5) is 5.69 Å². The molecule has 1 aromatic rings. The average Bonchev–Trinajstić information content (AvgIpc) is 2.76. The van der Waals surface area contributed by atoms with E-state index in [-0.39, 0.29) is 0 Å². The van der Waals surface area contributed by atoms with Crippen LogP contribution in [-0.2, 0) is 0 Å². The van der Waals surface area contributed by atoms with E-state index in [2.05, 4.69) is 29.4 Å². The van der Waals surface area contributed by atoms with Gasteiger partial charge in [0.2, 0.25) is 0 Å². The highest BCUT2D eigenvalue weighted by Crippen LogP contribution is 2.31. The van der Waals surface area contributed by atoms with Crippen molar-refractivity contribution < 1.29 is 0 Å². The average molecular weight is 241 g/mol. The summed E-state index contributed by atoms with van der Waals surface area (Å²) in [5.74, 6) is 0. The number of hydrogen-bond acceptors (Lipinski definition) is 3. The Balaban J connectivity index is 1.77. The SMILES string of the molecule is CN(c1cccc(C#N)c1)C1CC2CCC(C1)N2. The molecule has 3 heteroatoms. The smallest absolute Gasteiger partial charge is 0.0992 e. The molecule has 2 bridgehead atoms. The fourth-order valence-corrected chi connectivity index (χ4v) is 3.35. The van der Waals surface area contributed by atoms with Crippen LogP contribution in [-0.4, -0.2) is 25.2 Å². The molecule has 2 atom stereocenters. The van der Waals surface area contributed by atoms with Gasteiger partial charge in [-0.1, -0.05) is 6.07 Å². The molecule has 2 unspecified atom stereocenters. The maximum atomic E-state index is 8.97. The third kappa shape index (κ3) is 2.09. The van der Waals surface area contributed by atoms with Crippen molar-refractivity contribution in [2.75, 3.05) is 11.9 Å². The van der Waals surface area contributed by atoms with Gasteiger partial charge in [-0.25, -0.2) is 0 Å². The third-order valence-electron chi connectivity index (χ3n) is 4.38. The van der Waals surface area contributed by atoms with E-state index in [9.17, 15) is 0 Å². The molecular weight excluding hydrogens is 222 g/mol. The quantitative estimate of drug-likeness (QED) is 0.863. The van der Waals surface area contributed by atoms with E-state index in [1.54, 1.807) is 0 Å². The van der Waals surface area contributed by atoms with Gasteiger partial charge >= 0.3 is 0 Å². The van der Waals surface area contributed by atoms with Crippen LogP contribution < -0.4 is 10.2 Å². The third-order valence-corrected chi connectivity index (χ3v) is 4.38. The van der Waals surface area contributed by atoms with Crippen LogP contribution in [0.5, 0.6) is 0 Å². The van der Waals surface area contributed by atoms with Crippen molar-refractivity contribution in [3.05, 3.63) is 29.8 Å². The number of fused-ring (bicyclic) bond motifs is 2. The first-order valence-corrected chi connectivity index (χ1v) is 6.75. The van der Waals surface area contributed by atoms with Gasteiger partial charge in [-0.2, -0.15) is 5.26 Å². The van der Waals surface area contributed by atoms with E-state index < -0.39 is 0 Å². The molecule has 2 saturated heterocycles. The molecule has 0 amide bonds. The molecule has 1 N–H and O–H groups in total. The van der Waals surface area contributed by atoms with E-state index in [4.69, 9.17) is 5.26 Å². The first-order valence-electron chi connectivity index (χ1n) is 6.75. The summed E-state index contributed by atoms with van der Waals surface area (Å²) < 4.78 is 0. The molecule has 18 heavy (non-hydrogen) atoms. The van der Waals surface area contributed by atoms with Crippen molar-refractivity contribution in [1.82, 2.24) is 5.32 Å². The van der Waals surface area contributed by atoms with Crippen molar-refractivity contribution >= 4 is 5.69 Å². The topological polar surface area (TPSA) is 39.1 Å². The molecule has 1 aromatic carbocycles. The lowest BCUT2D eigenvalue weighted by atomic mass is 9.98. The Morgan fingerprint density at radius 1 is 1.28 bits per heavy atom. The fourth-order valence-electron chi connectivity index (χ4n) is 3.35. The minimum absolute atomic E-state index is 0.609. The number of piperidine rings is 1. The first-order chi connectivity index (χ1) is 8.76. The summed E-state index contributed by atoms with van der Waals surface area (Å²) in [5, 5.41) is 12.6. The van der Waals surface area contributed by atoms with Gasteiger partial charge in [0.15, 0.2) is 0 Å². The second kappa shape index (κ2) is 4.62. The van der Waals surface area contributed by atoms with Crippen molar-refractivity contribution in [3.8, 4) is 6.07 Å². The summed E-state index contributed by atoms with van der Waals surface area (Å²) >= 11 is 0. The highest BCUT2D eigenvalue weighted by Gasteiger charge is 2.35. The number of hydrogen-bond donors (Lipinski definition) is 1. The first kappa shape index (κ1) is 11.6. The summed E-state index contributed by atoms with van der Waals surface area (Å²) in [4.78, 5) is 2.35. The summed E-state index contributed by atoms with van der Waals surface area (Å²) in [6.07, 6.45) is 5.11. The number of benzene rings is 1. The van der Waals surface area contributed by atoms with E-state index in [0.717, 1.165) is 5.56 Å². The zero-order valence-corrected chi connectivity index (χ0v) is 10.8. The Hall–Kier alpha value is -1.53. The standard InChI is InChI=1S/C15H19N3/c1-18(14-4-2-3-11(7-14)10-16)15-8-12-5-6-13(9-15)17-12/h2-4,7,12-13,15,17H,5-6,8-9H2,1H3. The van der Waals surface area contributed by atoms with Gasteiger partial charge in [0.25, 0.3) is 0 Å². The molecule has 3 rings (SSSR count). The molecule has 0 aliphatic carbocycles. The van der Waals surface area contributed by atoms with Crippen LogP contribution in [0.1, 0.15) is 31.2 Å². The van der Waals surface area contributed by atoms with Gasteiger partial charge in [0.1, 0.15) is 0 Å². The van der Waals surface area contributed by atoms with E-state index in [1.807, 2.05) is 18.2 Å². The predicted molar refractivity (Wildman–Crippen MR) is 72.5 cm³/mol. The van der Waals surface area contributed by atoms with Gasteiger partial charge in [-0.3, -0.25) is 0 Å². The maximum absolute atomic E-state index is 8.97. The summed E-state index contributed by atoms with van der Waals surface area (Å²) in [6.45, 7) is 0. The van der Waals surface area contributed by atoms with Crippen molar-refractivity contribution in [1.29, 1.82) is 5.26 Å². The van der Waals surface area contributed by atoms with Gasteiger partial charge in [-0.05, 0) is 43.9 Å². The Bertz CT molecular complexity index is 465. The van der Waals surface area contributed by atoms with Crippen molar-refractivity contribution in [3.63, 3.8) is 0 Å². The highest BCUT2D eigenvalue weighted by molar-refractivity contribution is 5.51. The second-order valence-electron chi connectivity index (χ2n) is 5.54. The van der Waals surface area contributed by atoms with E-state index >= 15 is 0 Å². The lowest BCUT2D eigenvalue weighted by molar-refractivity contribution is 0.355. The lowest BCUT2D eigenvalue weighted by Gasteiger charge is -2.37. The minimum atomic E-state index is 0.609. The Morgan fingerprint density at radius 2 is 2.00 bits per heavy atom. The number of nitrogens with zero attached hydrogens (tertiary/aromatic N) is 2. The van der Waals surface area contributed by atoms with Gasteiger partial charge in [0.05, 0.1) is 11.6 Å². The summed E-state index contributed by atoms with van der Waals surface area (Å²) in [5.41, 5.74) is 1.91. The van der Waals surface area contributed by atoms with Crippen molar-refractivity contribution in [2.24, 2.45) is 0 Å². The Labute approximate surface area is 108 Å². The largest absolute Gasteiger partial charge is 0.371 e. The molecule has 0 saturated carbocycles. The van der Waals surface area contributed by atoms with Crippen LogP contribution in [0.25, 0.3) is 0 Å². The van der Waals surface area contributed by atoms with Gasteiger partial charge in [-0.15, -0.1) is 0 Å². The Morgan fingerprint density at radius 3 is 2.67 bits per heavy atom. The van der Waals surface area contributed by atoms with Crippen molar-refractivity contribution in [2.45, 2.75) is 43.8 Å². The monoisotopic (exact) mass is 241 g/mol. The molecular formula is C15H19N3. The second-order valence-corrected chi connectivity index (χ2v) is 5.54. The molecule has 2 aliphatic rings. The fraction of sp³-hybridized carbons (Fsp3) is 0.533.